The second-order valence-electron chi connectivity index (χ2n) is 6.91. The highest BCUT2D eigenvalue weighted by Crippen LogP contribution is 2.23. The Morgan fingerprint density at radius 3 is 2.17 bits per heavy atom. The zero-order chi connectivity index (χ0) is 21.8. The topological polar surface area (TPSA) is 94.7 Å². The molecule has 1 aromatic heterocycles. The first kappa shape index (κ1) is 22.5. The van der Waals surface area contributed by atoms with Gasteiger partial charge in [0.2, 0.25) is 5.78 Å². The monoisotopic (exact) mass is 421 g/mol. The molecule has 156 valence electrons. The zero-order valence-corrected chi connectivity index (χ0v) is 17.8. The number of benzene rings is 1. The van der Waals surface area contributed by atoms with Gasteiger partial charge in [-0.05, 0) is 58.9 Å². The second-order valence-corrected chi connectivity index (χ2v) is 7.35. The highest BCUT2D eigenvalue weighted by Gasteiger charge is 2.33. The minimum absolute atomic E-state index is 0.155. The maximum absolute atomic E-state index is 12.7. The van der Waals surface area contributed by atoms with Gasteiger partial charge < -0.3 is 19.2 Å². The van der Waals surface area contributed by atoms with Crippen molar-refractivity contribution in [3.8, 4) is 5.75 Å². The van der Waals surface area contributed by atoms with Crippen LogP contribution in [0, 0.1) is 13.8 Å². The van der Waals surface area contributed by atoms with Crippen molar-refractivity contribution < 1.29 is 28.6 Å². The highest BCUT2D eigenvalue weighted by atomic mass is 35.5. The van der Waals surface area contributed by atoms with Crippen LogP contribution in [0.5, 0.6) is 5.75 Å². The summed E-state index contributed by atoms with van der Waals surface area (Å²) in [6.45, 7) is 7.73. The summed E-state index contributed by atoms with van der Waals surface area (Å²) in [5.74, 6) is -1.39. The largest absolute Gasteiger partial charge is 0.476 e. The van der Waals surface area contributed by atoms with Crippen LogP contribution < -0.4 is 4.74 Å². The summed E-state index contributed by atoms with van der Waals surface area (Å²) in [6.07, 6.45) is 0. The molecule has 1 heterocycles. The summed E-state index contributed by atoms with van der Waals surface area (Å²) in [6, 6.07) is 6.52. The fraction of sp³-hybridized carbons (Fsp3) is 0.381. The number of carbonyl (C=O) groups excluding carboxylic acids is 3. The van der Waals surface area contributed by atoms with Gasteiger partial charge in [-0.25, -0.2) is 9.59 Å². The quantitative estimate of drug-likeness (QED) is 0.510. The van der Waals surface area contributed by atoms with E-state index in [2.05, 4.69) is 4.98 Å². The van der Waals surface area contributed by atoms with Crippen molar-refractivity contribution >= 4 is 29.3 Å². The molecule has 1 N–H and O–H groups in total. The minimum atomic E-state index is -1.33. The molecule has 0 amide bonds. The Labute approximate surface area is 174 Å². The fourth-order valence-electron chi connectivity index (χ4n) is 2.80. The number of ether oxygens (including phenoxy) is 3. The van der Waals surface area contributed by atoms with E-state index in [0.29, 0.717) is 22.2 Å². The number of ketones is 1. The van der Waals surface area contributed by atoms with Gasteiger partial charge in [-0.2, -0.15) is 0 Å². The average molecular weight is 422 g/mol. The third kappa shape index (κ3) is 5.38. The first-order chi connectivity index (χ1) is 13.6. The number of esters is 2. The van der Waals surface area contributed by atoms with Gasteiger partial charge in [0.1, 0.15) is 5.75 Å². The summed E-state index contributed by atoms with van der Waals surface area (Å²) >= 11 is 5.84. The number of nitrogens with one attached hydrogen (secondary N) is 1. The van der Waals surface area contributed by atoms with E-state index in [9.17, 15) is 14.4 Å². The highest BCUT2D eigenvalue weighted by molar-refractivity contribution is 6.30. The SMILES string of the molecule is CCOC(=O)c1c(C)[nH]c(C)c1C(=O)COC(=O)C(C)(C)Oc1ccc(Cl)cc1. The summed E-state index contributed by atoms with van der Waals surface area (Å²) in [7, 11) is 0. The van der Waals surface area contributed by atoms with Gasteiger partial charge in [0.05, 0.1) is 17.7 Å². The molecule has 2 rings (SSSR count). The molecule has 0 fully saturated rings. The molecular formula is C21H24ClNO6. The van der Waals surface area contributed by atoms with Gasteiger partial charge in [0.25, 0.3) is 0 Å². The molecule has 8 heteroatoms. The van der Waals surface area contributed by atoms with Gasteiger partial charge in [-0.1, -0.05) is 11.6 Å². The van der Waals surface area contributed by atoms with Crippen LogP contribution in [-0.2, 0) is 14.3 Å². The number of halogens is 1. The predicted octanol–water partition coefficient (Wildman–Crippen LogP) is 4.05. The number of aromatic amines is 1. The molecule has 0 saturated carbocycles. The molecule has 0 bridgehead atoms. The van der Waals surface area contributed by atoms with E-state index >= 15 is 0 Å². The summed E-state index contributed by atoms with van der Waals surface area (Å²) in [4.78, 5) is 40.3. The minimum Gasteiger partial charge on any atom is -0.476 e. The number of Topliss-reactive ketones (excluding diaryl/α,β-unsaturated/α-hetero) is 1. The van der Waals surface area contributed by atoms with Crippen LogP contribution in [0.25, 0.3) is 0 Å². The molecule has 1 aromatic carbocycles. The first-order valence-corrected chi connectivity index (χ1v) is 9.46. The number of aryl methyl sites for hydroxylation is 2. The van der Waals surface area contributed by atoms with Crippen LogP contribution in [0.3, 0.4) is 0 Å². The van der Waals surface area contributed by atoms with Crippen molar-refractivity contribution in [2.75, 3.05) is 13.2 Å². The second kappa shape index (κ2) is 9.13. The van der Waals surface area contributed by atoms with Gasteiger partial charge in [0, 0.05) is 16.4 Å². The van der Waals surface area contributed by atoms with Crippen molar-refractivity contribution in [1.29, 1.82) is 0 Å². The maximum Gasteiger partial charge on any atom is 0.350 e. The van der Waals surface area contributed by atoms with E-state index in [-0.39, 0.29) is 17.7 Å². The molecule has 2 aromatic rings. The lowest BCUT2D eigenvalue weighted by Gasteiger charge is -2.24. The van der Waals surface area contributed by atoms with Crippen molar-refractivity contribution in [1.82, 2.24) is 4.98 Å². The lowest BCUT2D eigenvalue weighted by molar-refractivity contribution is -0.158. The summed E-state index contributed by atoms with van der Waals surface area (Å²) in [5, 5.41) is 0.540. The molecule has 29 heavy (non-hydrogen) atoms. The number of hydrogen-bond acceptors (Lipinski definition) is 6. The molecule has 0 aliphatic carbocycles. The Morgan fingerprint density at radius 2 is 1.59 bits per heavy atom. The van der Waals surface area contributed by atoms with Crippen LogP contribution in [-0.4, -0.2) is 41.5 Å². The van der Waals surface area contributed by atoms with Crippen molar-refractivity contribution in [2.45, 2.75) is 40.2 Å². The number of carbonyl (C=O) groups is 3. The van der Waals surface area contributed by atoms with E-state index in [1.165, 1.54) is 13.8 Å². The zero-order valence-electron chi connectivity index (χ0n) is 17.1. The van der Waals surface area contributed by atoms with Crippen molar-refractivity contribution in [3.05, 3.63) is 51.8 Å². The molecule has 0 atom stereocenters. The Hall–Kier alpha value is -2.80. The van der Waals surface area contributed by atoms with Gasteiger partial charge in [0.15, 0.2) is 12.2 Å². The third-order valence-electron chi connectivity index (χ3n) is 4.15. The number of aromatic nitrogens is 1. The van der Waals surface area contributed by atoms with E-state index in [1.807, 2.05) is 0 Å². The molecule has 0 radical (unpaired) electrons. The van der Waals surface area contributed by atoms with Crippen LogP contribution >= 0.6 is 11.6 Å². The Kier molecular flexibility index (Phi) is 7.08. The predicted molar refractivity (Wildman–Crippen MR) is 108 cm³/mol. The van der Waals surface area contributed by atoms with Crippen LogP contribution in [0.4, 0.5) is 0 Å². The molecular weight excluding hydrogens is 398 g/mol. The molecule has 0 aliphatic heterocycles. The Balaban J connectivity index is 2.09. The Morgan fingerprint density at radius 1 is 1.00 bits per heavy atom. The van der Waals surface area contributed by atoms with Crippen molar-refractivity contribution in [2.24, 2.45) is 0 Å². The summed E-state index contributed by atoms with van der Waals surface area (Å²) < 4.78 is 15.8. The normalized spacial score (nSPS) is 11.1. The van der Waals surface area contributed by atoms with Crippen LogP contribution in [0.2, 0.25) is 5.02 Å². The maximum atomic E-state index is 12.7. The van der Waals surface area contributed by atoms with E-state index in [4.69, 9.17) is 25.8 Å². The standard InChI is InChI=1S/C21H24ClNO6/c1-6-27-19(25)18-13(3)23-12(2)17(18)16(24)11-28-20(26)21(4,5)29-15-9-7-14(22)8-10-15/h7-10,23H,6,11H2,1-5H3. The fourth-order valence-corrected chi connectivity index (χ4v) is 2.93. The first-order valence-electron chi connectivity index (χ1n) is 9.08. The lowest BCUT2D eigenvalue weighted by Crippen LogP contribution is -2.40. The van der Waals surface area contributed by atoms with Crippen LogP contribution in [0.1, 0.15) is 52.9 Å². The number of rotatable bonds is 8. The van der Waals surface area contributed by atoms with Crippen LogP contribution in [0.15, 0.2) is 24.3 Å². The third-order valence-corrected chi connectivity index (χ3v) is 4.40. The van der Waals surface area contributed by atoms with E-state index in [0.717, 1.165) is 0 Å². The number of hydrogen-bond donors (Lipinski definition) is 1. The Bertz CT molecular complexity index is 914. The van der Waals surface area contributed by atoms with E-state index in [1.54, 1.807) is 45.0 Å². The molecule has 0 saturated heterocycles. The van der Waals surface area contributed by atoms with Gasteiger partial charge in [-0.15, -0.1) is 0 Å². The summed E-state index contributed by atoms with van der Waals surface area (Å²) in [5.41, 5.74) is -0.00109. The van der Waals surface area contributed by atoms with Gasteiger partial charge >= 0.3 is 11.9 Å². The smallest absolute Gasteiger partial charge is 0.350 e. The molecule has 7 nitrogen and oxygen atoms in total. The molecule has 0 unspecified atom stereocenters. The molecule has 0 aliphatic rings. The van der Waals surface area contributed by atoms with E-state index < -0.39 is 29.9 Å². The lowest BCUT2D eigenvalue weighted by atomic mass is 10.0. The van der Waals surface area contributed by atoms with Gasteiger partial charge in [-0.3, -0.25) is 4.79 Å². The average Bonchev–Trinajstić information content (AvgIpc) is 2.95. The number of H-pyrrole nitrogens is 1. The van der Waals surface area contributed by atoms with Crippen molar-refractivity contribution in [3.63, 3.8) is 0 Å². The molecule has 0 spiro atoms.